The standard InChI is InChI=1S/C51H55N11O6/c1-30-28-58(33-12-16-57(17-13-33)34-4-6-37-38(24-34)49(67)62(48(37)66)40-7-9-45(64)56-47(40)65)18-19-59(30)35-5-8-43(54-27-35)55-44-23-31(10-14-52-44)36-11-15-53-46(39(36)29-63)61-21-20-60-41(50(61)68)22-32-25-51(2,3)26-42(32)60/h4-6,8,10-11,14-15,22-24,27,30,33,40,63H,7,9,12-13,16-21,25-26,28-29H2,1-3H3,(H,52,54,55)(H,56,64,65)/t30-,40?/m0/s1. The van der Waals surface area contributed by atoms with Crippen LogP contribution in [0.15, 0.2) is 73.2 Å². The maximum atomic E-state index is 13.9. The third kappa shape index (κ3) is 7.66. The fourth-order valence-electron chi connectivity index (χ4n) is 11.5. The fourth-order valence-corrected chi connectivity index (χ4v) is 11.5. The van der Waals surface area contributed by atoms with E-state index in [2.05, 4.69) is 72.8 Å². The number of carbonyl (C=O) groups excluding carboxylic acids is 5. The van der Waals surface area contributed by atoms with Crippen molar-refractivity contribution in [3.63, 3.8) is 0 Å². The van der Waals surface area contributed by atoms with Gasteiger partial charge >= 0.3 is 0 Å². The summed E-state index contributed by atoms with van der Waals surface area (Å²) in [4.78, 5) is 88.8. The van der Waals surface area contributed by atoms with Crippen molar-refractivity contribution in [2.45, 2.75) is 90.6 Å². The van der Waals surface area contributed by atoms with Crippen molar-refractivity contribution < 1.29 is 29.1 Å². The van der Waals surface area contributed by atoms with E-state index in [1.807, 2.05) is 36.5 Å². The highest BCUT2D eigenvalue weighted by atomic mass is 16.3. The number of imide groups is 2. The number of carbonyl (C=O) groups is 5. The van der Waals surface area contributed by atoms with E-state index in [-0.39, 0.29) is 36.8 Å². The lowest BCUT2D eigenvalue weighted by Crippen LogP contribution is -2.57. The number of piperazine rings is 1. The molecule has 0 radical (unpaired) electrons. The number of aromatic nitrogens is 4. The highest BCUT2D eigenvalue weighted by molar-refractivity contribution is 6.23. The second-order valence-corrected chi connectivity index (χ2v) is 19.8. The molecule has 0 saturated carbocycles. The van der Waals surface area contributed by atoms with Crippen LogP contribution in [0.25, 0.3) is 11.1 Å². The van der Waals surface area contributed by atoms with Gasteiger partial charge in [0.05, 0.1) is 29.6 Å². The van der Waals surface area contributed by atoms with E-state index in [1.54, 1.807) is 29.4 Å². The van der Waals surface area contributed by atoms with Crippen molar-refractivity contribution in [3.8, 4) is 11.1 Å². The Morgan fingerprint density at radius 1 is 0.765 bits per heavy atom. The van der Waals surface area contributed by atoms with Crippen molar-refractivity contribution >= 4 is 58.4 Å². The van der Waals surface area contributed by atoms with Crippen LogP contribution in [0.4, 0.5) is 28.8 Å². The summed E-state index contributed by atoms with van der Waals surface area (Å²) in [6.45, 7) is 12.0. The molecular formula is C51H55N11O6. The van der Waals surface area contributed by atoms with Gasteiger partial charge in [0, 0.05) is 93.7 Å². The molecule has 5 aliphatic heterocycles. The monoisotopic (exact) mass is 917 g/mol. The van der Waals surface area contributed by atoms with Gasteiger partial charge in [0.15, 0.2) is 0 Å². The number of hydrogen-bond acceptors (Lipinski definition) is 13. The number of nitrogens with one attached hydrogen (secondary N) is 2. The Labute approximate surface area is 394 Å². The van der Waals surface area contributed by atoms with E-state index in [4.69, 9.17) is 4.98 Å². The Morgan fingerprint density at radius 3 is 2.32 bits per heavy atom. The van der Waals surface area contributed by atoms with Gasteiger partial charge in [-0.3, -0.25) is 44.0 Å². The van der Waals surface area contributed by atoms with Crippen LogP contribution in [-0.4, -0.2) is 121 Å². The predicted molar refractivity (Wildman–Crippen MR) is 255 cm³/mol. The molecule has 1 aromatic carbocycles. The molecule has 11 rings (SSSR count). The summed E-state index contributed by atoms with van der Waals surface area (Å²) in [5.74, 6) is -0.363. The van der Waals surface area contributed by atoms with Crippen molar-refractivity contribution in [2.24, 2.45) is 5.41 Å². The molecule has 1 aliphatic carbocycles. The second-order valence-electron chi connectivity index (χ2n) is 19.8. The van der Waals surface area contributed by atoms with Crippen molar-refractivity contribution in [1.82, 2.24) is 34.6 Å². The van der Waals surface area contributed by atoms with Gasteiger partial charge in [0.25, 0.3) is 17.7 Å². The van der Waals surface area contributed by atoms with Gasteiger partial charge in [-0.15, -0.1) is 0 Å². The van der Waals surface area contributed by atoms with Gasteiger partial charge in [0.1, 0.15) is 29.2 Å². The van der Waals surface area contributed by atoms with Gasteiger partial charge in [0.2, 0.25) is 11.8 Å². The minimum Gasteiger partial charge on any atom is -0.392 e. The zero-order valence-electron chi connectivity index (χ0n) is 38.6. The SMILES string of the molecule is C[C@H]1CN(C2CCN(c3ccc4c(c3)C(=O)N(C3CCC(=O)NC3=O)C4=O)CC2)CCN1c1ccc(Nc2cc(-c3ccnc(N4CCn5c(cc6c5CC(C)(C)C6)C4=O)c3CO)ccn2)nc1. The van der Waals surface area contributed by atoms with Crippen molar-refractivity contribution in [2.75, 3.05) is 59.3 Å². The lowest BCUT2D eigenvalue weighted by atomic mass is 9.90. The summed E-state index contributed by atoms with van der Waals surface area (Å²) in [6, 6.07) is 16.8. The van der Waals surface area contributed by atoms with Crippen LogP contribution >= 0.6 is 0 Å². The van der Waals surface area contributed by atoms with Crippen LogP contribution in [0.3, 0.4) is 0 Å². The van der Waals surface area contributed by atoms with Gasteiger partial charge in [-0.2, -0.15) is 0 Å². The summed E-state index contributed by atoms with van der Waals surface area (Å²) in [7, 11) is 0. The van der Waals surface area contributed by atoms with E-state index in [0.29, 0.717) is 59.0 Å². The molecular weight excluding hydrogens is 863 g/mol. The Hall–Kier alpha value is -6.98. The average molecular weight is 918 g/mol. The van der Waals surface area contributed by atoms with Crippen LogP contribution in [-0.2, 0) is 35.6 Å². The number of aliphatic hydroxyl groups is 1. The average Bonchev–Trinajstić information content (AvgIpc) is 3.92. The number of nitrogens with zero attached hydrogens (tertiary/aromatic N) is 9. The molecule has 17 nitrogen and oxygen atoms in total. The van der Waals surface area contributed by atoms with Gasteiger partial charge < -0.3 is 24.8 Å². The molecule has 350 valence electrons. The fraction of sp³-hybridized carbons (Fsp3) is 0.412. The molecule has 17 heteroatoms. The van der Waals surface area contributed by atoms with E-state index >= 15 is 0 Å². The van der Waals surface area contributed by atoms with Crippen LogP contribution in [0, 0.1) is 5.41 Å². The number of benzene rings is 1. The third-order valence-corrected chi connectivity index (χ3v) is 14.9. The van der Waals surface area contributed by atoms with Crippen LogP contribution < -0.4 is 25.3 Å². The van der Waals surface area contributed by atoms with E-state index in [9.17, 15) is 29.1 Å². The molecule has 3 saturated heterocycles. The number of aliphatic hydroxyl groups excluding tert-OH is 1. The first kappa shape index (κ1) is 43.6. The summed E-state index contributed by atoms with van der Waals surface area (Å²) >= 11 is 0. The maximum Gasteiger partial charge on any atom is 0.276 e. The second kappa shape index (κ2) is 17.0. The lowest BCUT2D eigenvalue weighted by Gasteiger charge is -2.46. The number of pyridine rings is 3. The van der Waals surface area contributed by atoms with Crippen molar-refractivity contribution in [1.29, 1.82) is 0 Å². The first-order valence-corrected chi connectivity index (χ1v) is 23.8. The van der Waals surface area contributed by atoms with Crippen LogP contribution in [0.1, 0.15) is 94.5 Å². The number of amides is 5. The number of anilines is 5. The number of rotatable bonds is 9. The maximum absolute atomic E-state index is 13.9. The predicted octanol–water partition coefficient (Wildman–Crippen LogP) is 4.94. The Bertz CT molecular complexity index is 2890. The first-order chi connectivity index (χ1) is 32.8. The largest absolute Gasteiger partial charge is 0.392 e. The molecule has 9 heterocycles. The van der Waals surface area contributed by atoms with Crippen LogP contribution in [0.2, 0.25) is 0 Å². The molecule has 5 aromatic rings. The zero-order valence-corrected chi connectivity index (χ0v) is 38.6. The highest BCUT2D eigenvalue weighted by Gasteiger charge is 2.45. The smallest absolute Gasteiger partial charge is 0.276 e. The Kier molecular flexibility index (Phi) is 10.9. The first-order valence-electron chi connectivity index (χ1n) is 23.8. The topological polar surface area (TPSA) is 189 Å². The molecule has 4 aromatic heterocycles. The van der Waals surface area contributed by atoms with Crippen molar-refractivity contribution in [3.05, 3.63) is 107 Å². The lowest BCUT2D eigenvalue weighted by molar-refractivity contribution is -0.136. The number of piperidine rings is 2. The van der Waals surface area contributed by atoms with E-state index in [0.717, 1.165) is 85.8 Å². The molecule has 0 bridgehead atoms. The molecule has 0 spiro atoms. The Morgan fingerprint density at radius 2 is 1.56 bits per heavy atom. The molecule has 6 aliphatic rings. The molecule has 5 amide bonds. The molecule has 3 N–H and O–H groups in total. The summed E-state index contributed by atoms with van der Waals surface area (Å²) < 4.78 is 2.18. The normalized spacial score (nSPS) is 21.9. The minimum atomic E-state index is -0.983. The summed E-state index contributed by atoms with van der Waals surface area (Å²) in [5, 5.41) is 16.3. The number of fused-ring (bicyclic) bond motifs is 4. The molecule has 68 heavy (non-hydrogen) atoms. The number of hydrogen-bond donors (Lipinski definition) is 3. The highest BCUT2D eigenvalue weighted by Crippen LogP contribution is 2.41. The van der Waals surface area contributed by atoms with E-state index < -0.39 is 29.7 Å². The summed E-state index contributed by atoms with van der Waals surface area (Å²) in [6.07, 6.45) is 9.38. The summed E-state index contributed by atoms with van der Waals surface area (Å²) in [5.41, 5.74) is 8.13. The molecule has 3 fully saturated rings. The zero-order chi connectivity index (χ0) is 47.0. The van der Waals surface area contributed by atoms with E-state index in [1.165, 1.54) is 11.3 Å². The third-order valence-electron chi connectivity index (χ3n) is 14.9. The van der Waals surface area contributed by atoms with Gasteiger partial charge in [-0.1, -0.05) is 13.8 Å². The minimum absolute atomic E-state index is 0.0860. The Balaban J connectivity index is 0.697. The quantitative estimate of drug-likeness (QED) is 0.169. The molecule has 1 unspecified atom stereocenters. The van der Waals surface area contributed by atoms with Crippen LogP contribution in [0.5, 0.6) is 0 Å². The molecule has 2 atom stereocenters. The van der Waals surface area contributed by atoms with Gasteiger partial charge in [-0.25, -0.2) is 15.0 Å². The van der Waals surface area contributed by atoms with Gasteiger partial charge in [-0.05, 0) is 116 Å².